The summed E-state index contributed by atoms with van der Waals surface area (Å²) in [6.07, 6.45) is 9.72. The minimum absolute atomic E-state index is 0.0497. The molecule has 3 fully saturated rings. The third kappa shape index (κ3) is 6.03. The zero-order valence-electron chi connectivity index (χ0n) is 25.8. The van der Waals surface area contributed by atoms with E-state index in [0.29, 0.717) is 44.9 Å². The Morgan fingerprint density at radius 1 is 1.00 bits per heavy atom. The Morgan fingerprint density at radius 2 is 1.82 bits per heavy atom. The van der Waals surface area contributed by atoms with Crippen molar-refractivity contribution in [3.8, 4) is 0 Å². The van der Waals surface area contributed by atoms with Gasteiger partial charge in [0, 0.05) is 55.3 Å². The molecular formula is C34H44N8O3. The molecule has 3 saturated heterocycles. The van der Waals surface area contributed by atoms with Gasteiger partial charge in [0.05, 0.1) is 11.7 Å². The van der Waals surface area contributed by atoms with Crippen LogP contribution in [-0.4, -0.2) is 99.6 Å². The molecule has 0 saturated carbocycles. The molecule has 2 aromatic carbocycles. The lowest BCUT2D eigenvalue weighted by Gasteiger charge is -2.50. The molecule has 1 aromatic heterocycles. The zero-order chi connectivity index (χ0) is 30.8. The fraction of sp³-hybridized carbons (Fsp3) is 0.529. The smallest absolute Gasteiger partial charge is 0.322 e. The lowest BCUT2D eigenvalue weighted by Crippen LogP contribution is -2.69. The Hall–Kier alpha value is -3.96. The summed E-state index contributed by atoms with van der Waals surface area (Å²) in [5, 5.41) is 18.0. The van der Waals surface area contributed by atoms with E-state index in [0.717, 1.165) is 85.7 Å². The second kappa shape index (κ2) is 12.8. The molecule has 4 aliphatic rings. The zero-order valence-corrected chi connectivity index (χ0v) is 25.8. The number of hydrogen-bond donors (Lipinski definition) is 4. The van der Waals surface area contributed by atoms with Gasteiger partial charge in [0.15, 0.2) is 0 Å². The number of rotatable bonds is 7. The molecule has 2 atom stereocenters. The Balaban J connectivity index is 1.10. The summed E-state index contributed by atoms with van der Waals surface area (Å²) in [5.41, 5.74) is 2.85. The molecule has 4 aliphatic heterocycles. The van der Waals surface area contributed by atoms with Crippen molar-refractivity contribution >= 4 is 34.9 Å². The molecule has 3 aromatic rings. The predicted octanol–water partition coefficient (Wildman–Crippen LogP) is 3.87. The lowest BCUT2D eigenvalue weighted by atomic mass is 9.78. The minimum atomic E-state index is -1.08. The van der Waals surface area contributed by atoms with Crippen molar-refractivity contribution in [2.75, 3.05) is 38.0 Å². The first-order chi connectivity index (χ1) is 22.0. The summed E-state index contributed by atoms with van der Waals surface area (Å²) < 4.78 is 0. The van der Waals surface area contributed by atoms with Crippen molar-refractivity contribution < 1.29 is 14.4 Å². The van der Waals surface area contributed by atoms with Gasteiger partial charge in [0.25, 0.3) is 0 Å². The van der Waals surface area contributed by atoms with Crippen LogP contribution < -0.4 is 16.0 Å². The number of aldehydes is 1. The average molecular weight is 613 g/mol. The van der Waals surface area contributed by atoms with E-state index in [2.05, 4.69) is 37.1 Å². The first-order valence-electron chi connectivity index (χ1n) is 16.6. The maximum Gasteiger partial charge on any atom is 0.322 e. The third-order valence-electron chi connectivity index (χ3n) is 10.5. The molecular weight excluding hydrogens is 568 g/mol. The highest BCUT2D eigenvalue weighted by Crippen LogP contribution is 2.33. The molecule has 0 radical (unpaired) electrons. The number of aromatic amines is 1. The quantitative estimate of drug-likeness (QED) is 0.300. The molecule has 0 aliphatic carbocycles. The van der Waals surface area contributed by atoms with E-state index in [1.165, 1.54) is 0 Å². The van der Waals surface area contributed by atoms with E-state index < -0.39 is 5.54 Å². The number of piperidine rings is 3. The van der Waals surface area contributed by atoms with Gasteiger partial charge in [-0.2, -0.15) is 5.10 Å². The number of carbonyl (C=O) groups is 3. The van der Waals surface area contributed by atoms with Gasteiger partial charge in [-0.05, 0) is 87.5 Å². The van der Waals surface area contributed by atoms with Gasteiger partial charge in [-0.3, -0.25) is 10.00 Å². The Labute approximate surface area is 264 Å². The van der Waals surface area contributed by atoms with E-state index >= 15 is 0 Å². The standard InChI is InChI=1S/C34H44N8O3/c43-23-34(20-24-8-9-30-26(19-24)21-36-39-30,31-7-3-4-16-41(31)27-10-14-35-15-11-27)38-33(45)40-17-12-28(13-18-40)42-22-25-5-1-2-6-29(25)37-32(42)44/h1-2,5-6,8-9,19,21,23,27-28,31,35H,3-4,7,10-18,20,22H2,(H,36,39)(H,37,44)(H,38,45). The number of urea groups is 2. The fourth-order valence-corrected chi connectivity index (χ4v) is 8.09. The van der Waals surface area contributed by atoms with Gasteiger partial charge < -0.3 is 30.5 Å². The second-order valence-corrected chi connectivity index (χ2v) is 13.2. The number of fused-ring (bicyclic) bond motifs is 2. The van der Waals surface area contributed by atoms with E-state index in [-0.39, 0.29) is 24.1 Å². The summed E-state index contributed by atoms with van der Waals surface area (Å²) in [6, 6.07) is 14.1. The number of anilines is 1. The first-order valence-corrected chi connectivity index (χ1v) is 16.6. The first kappa shape index (κ1) is 29.7. The van der Waals surface area contributed by atoms with Crippen LogP contribution in [0, 0.1) is 0 Å². The van der Waals surface area contributed by atoms with E-state index in [9.17, 15) is 14.4 Å². The van der Waals surface area contributed by atoms with Crippen molar-refractivity contribution in [2.24, 2.45) is 0 Å². The summed E-state index contributed by atoms with van der Waals surface area (Å²) in [6.45, 7) is 4.51. The largest absolute Gasteiger partial charge is 0.325 e. The van der Waals surface area contributed by atoms with Crippen molar-refractivity contribution in [1.29, 1.82) is 0 Å². The number of aromatic nitrogens is 2. The SMILES string of the molecule is O=CC(Cc1ccc2[nH]ncc2c1)(NC(=O)N1CCC(N2Cc3ccccc3NC2=O)CC1)C1CCCCN1C1CCNCC1. The summed E-state index contributed by atoms with van der Waals surface area (Å²) in [4.78, 5) is 46.7. The van der Waals surface area contributed by atoms with Crippen LogP contribution in [-0.2, 0) is 17.8 Å². The van der Waals surface area contributed by atoms with Crippen molar-refractivity contribution in [3.63, 3.8) is 0 Å². The normalized spacial score (nSPS) is 23.3. The van der Waals surface area contributed by atoms with Crippen LogP contribution in [0.3, 0.4) is 0 Å². The molecule has 5 heterocycles. The van der Waals surface area contributed by atoms with Gasteiger partial charge >= 0.3 is 12.1 Å². The topological polar surface area (TPSA) is 126 Å². The highest BCUT2D eigenvalue weighted by atomic mass is 16.2. The number of H-pyrrole nitrogens is 1. The van der Waals surface area contributed by atoms with Gasteiger partial charge in [-0.25, -0.2) is 9.59 Å². The number of para-hydroxylation sites is 1. The van der Waals surface area contributed by atoms with Crippen molar-refractivity contribution in [1.82, 2.24) is 35.5 Å². The average Bonchev–Trinajstić information content (AvgIpc) is 3.56. The number of carbonyl (C=O) groups excluding carboxylic acids is 3. The lowest BCUT2D eigenvalue weighted by molar-refractivity contribution is -0.117. The highest BCUT2D eigenvalue weighted by Gasteiger charge is 2.47. The molecule has 238 valence electrons. The van der Waals surface area contributed by atoms with E-state index in [1.807, 2.05) is 46.2 Å². The summed E-state index contributed by atoms with van der Waals surface area (Å²) in [7, 11) is 0. The van der Waals surface area contributed by atoms with E-state index in [1.54, 1.807) is 6.20 Å². The highest BCUT2D eigenvalue weighted by molar-refractivity contribution is 5.92. The number of amides is 4. The number of nitrogens with one attached hydrogen (secondary N) is 4. The van der Waals surface area contributed by atoms with Crippen LogP contribution in [0.1, 0.15) is 56.1 Å². The van der Waals surface area contributed by atoms with Gasteiger partial charge in [0.2, 0.25) is 0 Å². The van der Waals surface area contributed by atoms with Gasteiger partial charge in [0.1, 0.15) is 11.8 Å². The summed E-state index contributed by atoms with van der Waals surface area (Å²) in [5.74, 6) is 0. The third-order valence-corrected chi connectivity index (χ3v) is 10.5. The molecule has 4 N–H and O–H groups in total. The van der Waals surface area contributed by atoms with Crippen molar-refractivity contribution in [2.45, 2.75) is 81.6 Å². The monoisotopic (exact) mass is 612 g/mol. The van der Waals surface area contributed by atoms with Crippen molar-refractivity contribution in [3.05, 3.63) is 59.8 Å². The maximum absolute atomic E-state index is 14.1. The minimum Gasteiger partial charge on any atom is -0.325 e. The number of nitrogens with zero attached hydrogens (tertiary/aromatic N) is 4. The molecule has 11 heteroatoms. The van der Waals surface area contributed by atoms with E-state index in [4.69, 9.17) is 0 Å². The van der Waals surface area contributed by atoms with Crippen LogP contribution >= 0.6 is 0 Å². The maximum atomic E-state index is 14.1. The Morgan fingerprint density at radius 3 is 2.64 bits per heavy atom. The molecule has 45 heavy (non-hydrogen) atoms. The molecule has 0 spiro atoms. The molecule has 4 amide bonds. The van der Waals surface area contributed by atoms with Gasteiger partial charge in [-0.1, -0.05) is 30.7 Å². The molecule has 7 rings (SSSR count). The molecule has 2 unspecified atom stereocenters. The Kier molecular flexibility index (Phi) is 8.46. The molecule has 0 bridgehead atoms. The van der Waals surface area contributed by atoms with Crippen LogP contribution in [0.5, 0.6) is 0 Å². The predicted molar refractivity (Wildman–Crippen MR) is 173 cm³/mol. The van der Waals surface area contributed by atoms with Gasteiger partial charge in [-0.15, -0.1) is 0 Å². The van der Waals surface area contributed by atoms with Crippen LogP contribution in [0.2, 0.25) is 0 Å². The fourth-order valence-electron chi connectivity index (χ4n) is 8.09. The molecule has 11 nitrogen and oxygen atoms in total. The summed E-state index contributed by atoms with van der Waals surface area (Å²) >= 11 is 0. The second-order valence-electron chi connectivity index (χ2n) is 13.2. The van der Waals surface area contributed by atoms with Crippen LogP contribution in [0.15, 0.2) is 48.7 Å². The Bertz CT molecular complexity index is 1530. The van der Waals surface area contributed by atoms with Crippen LogP contribution in [0.25, 0.3) is 10.9 Å². The number of benzene rings is 2. The van der Waals surface area contributed by atoms with Crippen LogP contribution in [0.4, 0.5) is 15.3 Å². The number of hydrogen-bond acceptors (Lipinski definition) is 6. The number of likely N-dealkylation sites (tertiary alicyclic amines) is 2.